The third-order valence-corrected chi connectivity index (χ3v) is 7.41. The number of anilines is 1. The first-order chi connectivity index (χ1) is 19.8. The molecule has 1 saturated heterocycles. The van der Waals surface area contributed by atoms with Crippen LogP contribution in [0.5, 0.6) is 0 Å². The van der Waals surface area contributed by atoms with Crippen LogP contribution < -0.4 is 10.2 Å². The highest BCUT2D eigenvalue weighted by Crippen LogP contribution is 2.32. The maximum absolute atomic E-state index is 14.1. The molecule has 0 aliphatic carbocycles. The number of hydrogen-bond acceptors (Lipinski definition) is 6. The molecule has 2 amide bonds. The molecule has 1 aliphatic rings. The van der Waals surface area contributed by atoms with Crippen LogP contribution in [-0.2, 0) is 20.9 Å². The second-order valence-electron chi connectivity index (χ2n) is 9.97. The number of halogens is 2. The molecule has 1 fully saturated rings. The van der Waals surface area contributed by atoms with Crippen LogP contribution in [0.4, 0.5) is 10.1 Å². The minimum Gasteiger partial charge on any atom is -0.376 e. The Morgan fingerprint density at radius 3 is 2.59 bits per heavy atom. The van der Waals surface area contributed by atoms with E-state index in [4.69, 9.17) is 16.3 Å². The lowest BCUT2D eigenvalue weighted by Gasteiger charge is -2.33. The van der Waals surface area contributed by atoms with Crippen molar-refractivity contribution >= 4 is 29.1 Å². The SMILES string of the molecule is Cc1cccc(N(C(=O)Cn2nnc(-c3ccc(Cl)cc3)n2)[C@@H](C(=O)NC[C@@H]2CCCO2)c2ccc(F)cc2)c1C. The molecule has 1 aliphatic heterocycles. The number of ether oxygens (including phenoxy) is 1. The summed E-state index contributed by atoms with van der Waals surface area (Å²) in [6, 6.07) is 17.0. The van der Waals surface area contributed by atoms with E-state index in [9.17, 15) is 14.0 Å². The van der Waals surface area contributed by atoms with Crippen molar-refractivity contribution in [3.05, 3.63) is 94.3 Å². The van der Waals surface area contributed by atoms with Gasteiger partial charge in [0, 0.05) is 29.4 Å². The van der Waals surface area contributed by atoms with Gasteiger partial charge >= 0.3 is 0 Å². The molecule has 1 aromatic heterocycles. The fraction of sp³-hybridized carbons (Fsp3) is 0.300. The van der Waals surface area contributed by atoms with Crippen molar-refractivity contribution < 1.29 is 18.7 Å². The van der Waals surface area contributed by atoms with E-state index in [1.54, 1.807) is 30.3 Å². The van der Waals surface area contributed by atoms with Crippen molar-refractivity contribution in [1.82, 2.24) is 25.5 Å². The Morgan fingerprint density at radius 2 is 1.88 bits per heavy atom. The molecule has 0 spiro atoms. The van der Waals surface area contributed by atoms with Crippen LogP contribution in [0.1, 0.15) is 35.6 Å². The summed E-state index contributed by atoms with van der Waals surface area (Å²) >= 11 is 5.99. The van der Waals surface area contributed by atoms with Gasteiger partial charge in [-0.2, -0.15) is 4.80 Å². The number of carbonyl (C=O) groups is 2. The molecule has 41 heavy (non-hydrogen) atoms. The summed E-state index contributed by atoms with van der Waals surface area (Å²) in [6.07, 6.45) is 1.68. The minimum atomic E-state index is -1.09. The summed E-state index contributed by atoms with van der Waals surface area (Å²) in [7, 11) is 0. The first kappa shape index (κ1) is 28.4. The van der Waals surface area contributed by atoms with Crippen molar-refractivity contribution in [1.29, 1.82) is 0 Å². The van der Waals surface area contributed by atoms with Crippen molar-refractivity contribution in [3.63, 3.8) is 0 Å². The molecule has 3 aromatic carbocycles. The Balaban J connectivity index is 1.51. The fourth-order valence-electron chi connectivity index (χ4n) is 4.82. The van der Waals surface area contributed by atoms with E-state index in [2.05, 4.69) is 20.7 Å². The zero-order chi connectivity index (χ0) is 28.9. The molecule has 11 heteroatoms. The van der Waals surface area contributed by atoms with Crippen molar-refractivity contribution in [2.75, 3.05) is 18.1 Å². The Morgan fingerprint density at radius 1 is 1.12 bits per heavy atom. The van der Waals surface area contributed by atoms with Gasteiger partial charge in [0.15, 0.2) is 0 Å². The van der Waals surface area contributed by atoms with Gasteiger partial charge in [-0.25, -0.2) is 4.39 Å². The molecule has 212 valence electrons. The van der Waals surface area contributed by atoms with E-state index >= 15 is 0 Å². The number of benzene rings is 3. The highest BCUT2D eigenvalue weighted by atomic mass is 35.5. The Bertz CT molecular complexity index is 1520. The normalized spacial score (nSPS) is 15.5. The largest absolute Gasteiger partial charge is 0.376 e. The molecule has 0 bridgehead atoms. The molecule has 4 aromatic rings. The van der Waals surface area contributed by atoms with Gasteiger partial charge in [-0.05, 0) is 91.1 Å². The van der Waals surface area contributed by atoms with Crippen LogP contribution in [-0.4, -0.2) is 51.3 Å². The zero-order valence-corrected chi connectivity index (χ0v) is 23.5. The predicted octanol–water partition coefficient (Wildman–Crippen LogP) is 4.82. The molecule has 1 N–H and O–H groups in total. The van der Waals surface area contributed by atoms with E-state index in [1.807, 2.05) is 26.0 Å². The number of carbonyl (C=O) groups excluding carboxylic acids is 2. The molecule has 9 nitrogen and oxygen atoms in total. The quantitative estimate of drug-likeness (QED) is 0.306. The van der Waals surface area contributed by atoms with Crippen molar-refractivity contribution in [2.24, 2.45) is 0 Å². The van der Waals surface area contributed by atoms with Crippen LogP contribution in [0.2, 0.25) is 5.02 Å². The third kappa shape index (κ3) is 6.61. The predicted molar refractivity (Wildman–Crippen MR) is 153 cm³/mol. The molecule has 5 rings (SSSR count). The summed E-state index contributed by atoms with van der Waals surface area (Å²) < 4.78 is 19.6. The van der Waals surface area contributed by atoms with Crippen molar-refractivity contribution in [3.8, 4) is 11.4 Å². The summed E-state index contributed by atoms with van der Waals surface area (Å²) in [5.74, 6) is -0.967. The van der Waals surface area contributed by atoms with Gasteiger partial charge in [0.25, 0.3) is 5.91 Å². The summed E-state index contributed by atoms with van der Waals surface area (Å²) in [5.41, 5.74) is 3.47. The molecule has 0 unspecified atom stereocenters. The first-order valence-electron chi connectivity index (χ1n) is 13.4. The highest BCUT2D eigenvalue weighted by Gasteiger charge is 2.35. The number of hydrogen-bond donors (Lipinski definition) is 1. The molecule has 2 heterocycles. The van der Waals surface area contributed by atoms with Gasteiger partial charge in [-0.3, -0.25) is 14.5 Å². The molecule has 0 radical (unpaired) electrons. The Kier molecular flexibility index (Phi) is 8.70. The number of aryl methyl sites for hydroxylation is 1. The van der Waals surface area contributed by atoms with Crippen LogP contribution in [0, 0.1) is 19.7 Å². The highest BCUT2D eigenvalue weighted by molar-refractivity contribution is 6.30. The number of rotatable bonds is 9. The monoisotopic (exact) mass is 576 g/mol. The van der Waals surface area contributed by atoms with Crippen LogP contribution in [0.3, 0.4) is 0 Å². The summed E-state index contributed by atoms with van der Waals surface area (Å²) in [6.45, 7) is 4.50. The molecular weight excluding hydrogens is 547 g/mol. The fourth-order valence-corrected chi connectivity index (χ4v) is 4.94. The van der Waals surface area contributed by atoms with Crippen LogP contribution >= 0.6 is 11.6 Å². The number of aromatic nitrogens is 4. The number of amides is 2. The van der Waals surface area contributed by atoms with Crippen LogP contribution in [0.25, 0.3) is 11.4 Å². The zero-order valence-electron chi connectivity index (χ0n) is 22.8. The van der Waals surface area contributed by atoms with Gasteiger partial charge in [0.05, 0.1) is 6.10 Å². The van der Waals surface area contributed by atoms with E-state index in [1.165, 1.54) is 34.0 Å². The third-order valence-electron chi connectivity index (χ3n) is 7.16. The van der Waals surface area contributed by atoms with E-state index in [-0.39, 0.29) is 12.6 Å². The average molecular weight is 577 g/mol. The maximum Gasteiger partial charge on any atom is 0.251 e. The van der Waals surface area contributed by atoms with Crippen molar-refractivity contribution in [2.45, 2.75) is 45.4 Å². The minimum absolute atomic E-state index is 0.0942. The standard InChI is InChI=1S/C30H30ClFN6O3/c1-19-5-3-7-26(20(19)2)38(27(39)18-37-35-29(34-36-37)22-8-12-23(31)13-9-22)28(21-10-14-24(32)15-11-21)30(40)33-17-25-6-4-16-41-25/h3,5,7-15,25,28H,4,6,16-18H2,1-2H3,(H,33,40)/t25-,28+/m0/s1. The lowest BCUT2D eigenvalue weighted by Crippen LogP contribution is -2.47. The summed E-state index contributed by atoms with van der Waals surface area (Å²) in [5, 5.41) is 16.1. The number of nitrogens with one attached hydrogen (secondary N) is 1. The lowest BCUT2D eigenvalue weighted by atomic mass is 10.00. The summed E-state index contributed by atoms with van der Waals surface area (Å²) in [4.78, 5) is 30.6. The topological polar surface area (TPSA) is 102 Å². The van der Waals surface area contributed by atoms with E-state index < -0.39 is 23.7 Å². The second kappa shape index (κ2) is 12.6. The first-order valence-corrected chi connectivity index (χ1v) is 13.7. The van der Waals surface area contributed by atoms with E-state index in [0.29, 0.717) is 40.8 Å². The maximum atomic E-state index is 14.1. The average Bonchev–Trinajstić information content (AvgIpc) is 3.66. The van der Waals surface area contributed by atoms with E-state index in [0.717, 1.165) is 24.0 Å². The Labute approximate surface area is 242 Å². The molecule has 0 saturated carbocycles. The molecule has 2 atom stereocenters. The van der Waals surface area contributed by atoms with Gasteiger partial charge in [-0.1, -0.05) is 35.9 Å². The van der Waals surface area contributed by atoms with Gasteiger partial charge < -0.3 is 10.1 Å². The lowest BCUT2D eigenvalue weighted by molar-refractivity contribution is -0.127. The van der Waals surface area contributed by atoms with Gasteiger partial charge in [0.2, 0.25) is 11.7 Å². The Hall–Kier alpha value is -4.15. The van der Waals surface area contributed by atoms with Gasteiger partial charge in [0.1, 0.15) is 18.4 Å². The second-order valence-corrected chi connectivity index (χ2v) is 10.4. The molecular formula is C30H30ClFN6O3. The number of nitrogens with zero attached hydrogens (tertiary/aromatic N) is 5. The number of tetrazole rings is 1. The smallest absolute Gasteiger partial charge is 0.251 e. The van der Waals surface area contributed by atoms with Gasteiger partial charge in [-0.15, -0.1) is 10.2 Å². The van der Waals surface area contributed by atoms with Crippen LogP contribution in [0.15, 0.2) is 66.7 Å².